The van der Waals surface area contributed by atoms with Gasteiger partial charge in [0.15, 0.2) is 0 Å². The second kappa shape index (κ2) is 10.3. The monoisotopic (exact) mass is 468 g/mol. The van der Waals surface area contributed by atoms with Gasteiger partial charge >= 0.3 is 0 Å². The van der Waals surface area contributed by atoms with Gasteiger partial charge in [0, 0.05) is 61.6 Å². The van der Waals surface area contributed by atoms with Crippen LogP contribution in [0, 0.1) is 0 Å². The summed E-state index contributed by atoms with van der Waals surface area (Å²) in [7, 11) is 1.62. The zero-order valence-corrected chi connectivity index (χ0v) is 19.2. The Morgan fingerprint density at radius 3 is 2.46 bits per heavy atom. The molecule has 0 saturated carbocycles. The molecule has 1 saturated heterocycles. The highest BCUT2D eigenvalue weighted by molar-refractivity contribution is 5.94. The SMILES string of the molecule is COc1cccc(Oc2nccnc2C2CCN(C(=O)c3ccc(-c4cncnc4)nc3)CC2)c1. The summed E-state index contributed by atoms with van der Waals surface area (Å²) in [6.07, 6.45) is 11.3. The number of likely N-dealkylation sites (tertiary alicyclic amines) is 1. The summed E-state index contributed by atoms with van der Waals surface area (Å²) in [5.74, 6) is 1.94. The van der Waals surface area contributed by atoms with Crippen molar-refractivity contribution in [3.63, 3.8) is 0 Å². The molecular formula is C26H24N6O3. The fraction of sp³-hybridized carbons (Fsp3) is 0.231. The number of carbonyl (C=O) groups is 1. The highest BCUT2D eigenvalue weighted by Gasteiger charge is 2.28. The van der Waals surface area contributed by atoms with E-state index in [0.717, 1.165) is 29.8 Å². The minimum absolute atomic E-state index is 0.0289. The molecule has 0 spiro atoms. The summed E-state index contributed by atoms with van der Waals surface area (Å²) in [4.78, 5) is 36.3. The van der Waals surface area contributed by atoms with Crippen molar-refractivity contribution in [3.8, 4) is 28.6 Å². The number of piperidine rings is 1. The molecule has 176 valence electrons. The van der Waals surface area contributed by atoms with Gasteiger partial charge < -0.3 is 14.4 Å². The number of hydrogen-bond donors (Lipinski definition) is 0. The van der Waals surface area contributed by atoms with E-state index in [2.05, 4.69) is 24.9 Å². The highest BCUT2D eigenvalue weighted by atomic mass is 16.5. The number of benzene rings is 1. The second-order valence-electron chi connectivity index (χ2n) is 8.15. The number of amides is 1. The van der Waals surface area contributed by atoms with Gasteiger partial charge in [0.25, 0.3) is 5.91 Å². The summed E-state index contributed by atoms with van der Waals surface area (Å²) in [6.45, 7) is 1.24. The molecule has 0 atom stereocenters. The number of carbonyl (C=O) groups excluding carboxylic acids is 1. The Kier molecular flexibility index (Phi) is 6.56. The van der Waals surface area contributed by atoms with E-state index in [9.17, 15) is 4.79 Å². The topological polar surface area (TPSA) is 103 Å². The van der Waals surface area contributed by atoms with Gasteiger partial charge in [0.2, 0.25) is 5.88 Å². The van der Waals surface area contributed by atoms with Crippen LogP contribution in [-0.2, 0) is 0 Å². The largest absolute Gasteiger partial charge is 0.497 e. The molecule has 0 radical (unpaired) electrons. The van der Waals surface area contributed by atoms with Gasteiger partial charge in [-0.2, -0.15) is 0 Å². The molecule has 5 rings (SSSR count). The number of pyridine rings is 1. The van der Waals surface area contributed by atoms with Crippen molar-refractivity contribution >= 4 is 5.91 Å². The van der Waals surface area contributed by atoms with Gasteiger partial charge in [0.05, 0.1) is 18.4 Å². The fourth-order valence-electron chi connectivity index (χ4n) is 4.13. The number of methoxy groups -OCH3 is 1. The minimum Gasteiger partial charge on any atom is -0.497 e. The van der Waals surface area contributed by atoms with Crippen LogP contribution < -0.4 is 9.47 Å². The molecule has 1 aliphatic rings. The minimum atomic E-state index is -0.0289. The Morgan fingerprint density at radius 1 is 0.943 bits per heavy atom. The van der Waals surface area contributed by atoms with E-state index in [1.165, 1.54) is 6.33 Å². The predicted molar refractivity (Wildman–Crippen MR) is 128 cm³/mol. The van der Waals surface area contributed by atoms with Crippen LogP contribution in [0.3, 0.4) is 0 Å². The Hall–Kier alpha value is -4.40. The van der Waals surface area contributed by atoms with Crippen LogP contribution in [0.1, 0.15) is 34.8 Å². The van der Waals surface area contributed by atoms with Crippen molar-refractivity contribution in [1.29, 1.82) is 0 Å². The first-order chi connectivity index (χ1) is 17.2. The van der Waals surface area contributed by atoms with E-state index in [0.29, 0.717) is 36.0 Å². The standard InChI is InChI=1S/C26H24N6O3/c1-34-21-3-2-4-22(13-21)35-25-24(29-9-10-30-25)18-7-11-32(12-8-18)26(33)19-5-6-23(31-16-19)20-14-27-17-28-15-20/h2-6,9-10,13-18H,7-8,11-12H2,1H3. The molecule has 35 heavy (non-hydrogen) atoms. The van der Waals surface area contributed by atoms with Crippen LogP contribution >= 0.6 is 0 Å². The maximum absolute atomic E-state index is 13.1. The fourth-order valence-corrected chi connectivity index (χ4v) is 4.13. The lowest BCUT2D eigenvalue weighted by atomic mass is 9.93. The van der Waals surface area contributed by atoms with Crippen LogP contribution in [0.5, 0.6) is 17.4 Å². The zero-order chi connectivity index (χ0) is 24.0. The maximum atomic E-state index is 13.1. The normalized spacial score (nSPS) is 13.9. The van der Waals surface area contributed by atoms with Crippen LogP contribution in [0.2, 0.25) is 0 Å². The van der Waals surface area contributed by atoms with Gasteiger partial charge in [-0.15, -0.1) is 0 Å². The molecule has 0 bridgehead atoms. The van der Waals surface area contributed by atoms with Crippen molar-refractivity contribution in [3.05, 3.63) is 85.0 Å². The number of ether oxygens (including phenoxy) is 2. The number of nitrogens with zero attached hydrogens (tertiary/aromatic N) is 6. The Balaban J connectivity index is 1.24. The predicted octanol–water partition coefficient (Wildman–Crippen LogP) is 4.15. The van der Waals surface area contributed by atoms with Crippen LogP contribution in [0.25, 0.3) is 11.3 Å². The summed E-state index contributed by atoms with van der Waals surface area (Å²) >= 11 is 0. The lowest BCUT2D eigenvalue weighted by Gasteiger charge is -2.32. The van der Waals surface area contributed by atoms with Crippen LogP contribution in [0.15, 0.2) is 73.7 Å². The number of aromatic nitrogens is 5. The van der Waals surface area contributed by atoms with Gasteiger partial charge in [-0.1, -0.05) is 6.07 Å². The molecule has 4 aromatic rings. The third kappa shape index (κ3) is 5.08. The lowest BCUT2D eigenvalue weighted by Crippen LogP contribution is -2.38. The Bertz CT molecular complexity index is 1290. The molecule has 1 amide bonds. The van der Waals surface area contributed by atoms with Gasteiger partial charge in [-0.25, -0.2) is 15.0 Å². The molecule has 3 aromatic heterocycles. The highest BCUT2D eigenvalue weighted by Crippen LogP contribution is 2.34. The van der Waals surface area contributed by atoms with E-state index in [1.54, 1.807) is 44.2 Å². The van der Waals surface area contributed by atoms with Crippen LogP contribution in [0.4, 0.5) is 0 Å². The molecule has 0 aliphatic carbocycles. The molecule has 1 aromatic carbocycles. The third-order valence-corrected chi connectivity index (χ3v) is 5.98. The number of rotatable bonds is 6. The molecular weight excluding hydrogens is 444 g/mol. The van der Waals surface area contributed by atoms with Crippen LogP contribution in [-0.4, -0.2) is 55.9 Å². The van der Waals surface area contributed by atoms with Crippen molar-refractivity contribution in [1.82, 2.24) is 29.8 Å². The molecule has 1 aliphatic heterocycles. The van der Waals surface area contributed by atoms with Gasteiger partial charge in [-0.3, -0.25) is 14.8 Å². The van der Waals surface area contributed by atoms with E-state index in [1.807, 2.05) is 35.2 Å². The van der Waals surface area contributed by atoms with Crippen molar-refractivity contribution in [2.24, 2.45) is 0 Å². The summed E-state index contributed by atoms with van der Waals surface area (Å²) in [6, 6.07) is 11.0. The number of hydrogen-bond acceptors (Lipinski definition) is 8. The first-order valence-corrected chi connectivity index (χ1v) is 11.3. The third-order valence-electron chi connectivity index (χ3n) is 5.98. The molecule has 4 heterocycles. The van der Waals surface area contributed by atoms with Crippen molar-refractivity contribution in [2.75, 3.05) is 20.2 Å². The molecule has 9 heteroatoms. The first-order valence-electron chi connectivity index (χ1n) is 11.3. The van der Waals surface area contributed by atoms with Gasteiger partial charge in [-0.05, 0) is 37.1 Å². The average Bonchev–Trinajstić information content (AvgIpc) is 2.94. The van der Waals surface area contributed by atoms with E-state index < -0.39 is 0 Å². The van der Waals surface area contributed by atoms with E-state index >= 15 is 0 Å². The Labute approximate surface area is 202 Å². The first kappa shape index (κ1) is 22.4. The molecule has 1 fully saturated rings. The van der Waals surface area contributed by atoms with E-state index in [4.69, 9.17) is 9.47 Å². The smallest absolute Gasteiger partial charge is 0.255 e. The zero-order valence-electron chi connectivity index (χ0n) is 19.2. The maximum Gasteiger partial charge on any atom is 0.255 e. The molecule has 9 nitrogen and oxygen atoms in total. The second-order valence-corrected chi connectivity index (χ2v) is 8.15. The van der Waals surface area contributed by atoms with Gasteiger partial charge in [0.1, 0.15) is 23.5 Å². The average molecular weight is 469 g/mol. The molecule has 0 N–H and O–H groups in total. The quantitative estimate of drug-likeness (QED) is 0.416. The van der Waals surface area contributed by atoms with E-state index in [-0.39, 0.29) is 11.8 Å². The Morgan fingerprint density at radius 2 is 1.71 bits per heavy atom. The lowest BCUT2D eigenvalue weighted by molar-refractivity contribution is 0.0711. The molecule has 0 unspecified atom stereocenters. The summed E-state index contributed by atoms with van der Waals surface area (Å²) < 4.78 is 11.3. The summed E-state index contributed by atoms with van der Waals surface area (Å²) in [5.41, 5.74) is 2.90. The van der Waals surface area contributed by atoms with Crippen molar-refractivity contribution in [2.45, 2.75) is 18.8 Å². The summed E-state index contributed by atoms with van der Waals surface area (Å²) in [5, 5.41) is 0. The van der Waals surface area contributed by atoms with Crippen molar-refractivity contribution < 1.29 is 14.3 Å².